The average Bonchev–Trinajstić information content (AvgIpc) is 3.16. The second-order valence-corrected chi connectivity index (χ2v) is 7.15. The van der Waals surface area contributed by atoms with Crippen molar-refractivity contribution in [2.75, 3.05) is 18.4 Å². The SMILES string of the molecule is CCCCCCN(CC(=O)Nc1nccs1)C(=O)c1cccc(C(F)(F)F)c1. The molecule has 1 heterocycles. The first-order valence-corrected chi connectivity index (χ1v) is 9.85. The van der Waals surface area contributed by atoms with E-state index in [1.54, 1.807) is 5.38 Å². The van der Waals surface area contributed by atoms with Crippen LogP contribution in [0.15, 0.2) is 35.8 Å². The van der Waals surface area contributed by atoms with E-state index in [9.17, 15) is 22.8 Å². The lowest BCUT2D eigenvalue weighted by molar-refractivity contribution is -0.137. The van der Waals surface area contributed by atoms with Gasteiger partial charge >= 0.3 is 6.18 Å². The van der Waals surface area contributed by atoms with Gasteiger partial charge in [-0.2, -0.15) is 13.2 Å². The van der Waals surface area contributed by atoms with E-state index in [-0.39, 0.29) is 12.1 Å². The van der Waals surface area contributed by atoms with Crippen LogP contribution in [0.25, 0.3) is 0 Å². The monoisotopic (exact) mass is 413 g/mol. The van der Waals surface area contributed by atoms with E-state index >= 15 is 0 Å². The fourth-order valence-electron chi connectivity index (χ4n) is 2.61. The summed E-state index contributed by atoms with van der Waals surface area (Å²) in [5, 5.41) is 4.70. The molecule has 1 N–H and O–H groups in total. The van der Waals surface area contributed by atoms with Gasteiger partial charge in [-0.1, -0.05) is 32.3 Å². The van der Waals surface area contributed by atoms with Gasteiger partial charge in [-0.05, 0) is 24.6 Å². The number of halogens is 3. The summed E-state index contributed by atoms with van der Waals surface area (Å²) in [5.74, 6) is -1.04. The summed E-state index contributed by atoms with van der Waals surface area (Å²) in [6, 6.07) is 4.26. The van der Waals surface area contributed by atoms with Gasteiger partial charge in [-0.3, -0.25) is 9.59 Å². The van der Waals surface area contributed by atoms with Crippen molar-refractivity contribution in [2.24, 2.45) is 0 Å². The van der Waals surface area contributed by atoms with Gasteiger partial charge in [0.1, 0.15) is 6.54 Å². The molecular formula is C19H22F3N3O2S. The van der Waals surface area contributed by atoms with Crippen LogP contribution < -0.4 is 5.32 Å². The number of carbonyl (C=O) groups is 2. The zero-order valence-electron chi connectivity index (χ0n) is 15.5. The lowest BCUT2D eigenvalue weighted by Crippen LogP contribution is -2.38. The predicted octanol–water partition coefficient (Wildman–Crippen LogP) is 4.82. The molecule has 1 aromatic heterocycles. The Labute approximate surface area is 165 Å². The highest BCUT2D eigenvalue weighted by Crippen LogP contribution is 2.29. The first kappa shape index (κ1) is 21.9. The number of benzene rings is 1. The van der Waals surface area contributed by atoms with Gasteiger partial charge in [0, 0.05) is 23.7 Å². The number of thiazole rings is 1. The fourth-order valence-corrected chi connectivity index (χ4v) is 3.16. The Bertz CT molecular complexity index is 779. The van der Waals surface area contributed by atoms with Crippen LogP contribution in [0.5, 0.6) is 0 Å². The quantitative estimate of drug-likeness (QED) is 0.600. The summed E-state index contributed by atoms with van der Waals surface area (Å²) in [7, 11) is 0. The Hall–Kier alpha value is -2.42. The van der Waals surface area contributed by atoms with Gasteiger partial charge in [0.2, 0.25) is 5.91 Å². The number of anilines is 1. The van der Waals surface area contributed by atoms with E-state index in [0.29, 0.717) is 18.1 Å². The number of nitrogens with zero attached hydrogens (tertiary/aromatic N) is 2. The Morgan fingerprint density at radius 3 is 2.64 bits per heavy atom. The van der Waals surface area contributed by atoms with Gasteiger partial charge in [-0.15, -0.1) is 11.3 Å². The Morgan fingerprint density at radius 2 is 2.00 bits per heavy atom. The van der Waals surface area contributed by atoms with Crippen LogP contribution in [0.1, 0.15) is 48.5 Å². The molecule has 28 heavy (non-hydrogen) atoms. The molecule has 0 atom stereocenters. The van der Waals surface area contributed by atoms with Crippen LogP contribution in [-0.4, -0.2) is 34.8 Å². The molecule has 1 aromatic carbocycles. The molecule has 2 amide bonds. The number of rotatable bonds is 9. The number of hydrogen-bond acceptors (Lipinski definition) is 4. The molecule has 9 heteroatoms. The summed E-state index contributed by atoms with van der Waals surface area (Å²) in [6.45, 7) is 2.09. The number of carbonyl (C=O) groups excluding carboxylic acids is 2. The zero-order chi connectivity index (χ0) is 20.6. The van der Waals surface area contributed by atoms with E-state index in [1.165, 1.54) is 34.6 Å². The van der Waals surface area contributed by atoms with E-state index in [4.69, 9.17) is 0 Å². The maximum absolute atomic E-state index is 12.9. The number of nitrogens with one attached hydrogen (secondary N) is 1. The van der Waals surface area contributed by atoms with Crippen LogP contribution >= 0.6 is 11.3 Å². The third kappa shape index (κ3) is 6.63. The minimum atomic E-state index is -4.54. The summed E-state index contributed by atoms with van der Waals surface area (Å²) >= 11 is 1.24. The maximum atomic E-state index is 12.9. The Balaban J connectivity index is 2.12. The van der Waals surface area contributed by atoms with Crippen LogP contribution in [-0.2, 0) is 11.0 Å². The van der Waals surface area contributed by atoms with Crippen molar-refractivity contribution in [3.05, 3.63) is 47.0 Å². The van der Waals surface area contributed by atoms with E-state index in [2.05, 4.69) is 10.3 Å². The first-order valence-electron chi connectivity index (χ1n) is 8.97. The third-order valence-electron chi connectivity index (χ3n) is 4.02. The average molecular weight is 413 g/mol. The molecule has 2 rings (SSSR count). The molecular weight excluding hydrogens is 391 g/mol. The highest BCUT2D eigenvalue weighted by molar-refractivity contribution is 7.13. The number of amides is 2. The molecule has 0 saturated heterocycles. The molecule has 5 nitrogen and oxygen atoms in total. The molecule has 2 aromatic rings. The van der Waals surface area contributed by atoms with Crippen LogP contribution in [0.4, 0.5) is 18.3 Å². The second-order valence-electron chi connectivity index (χ2n) is 6.25. The number of alkyl halides is 3. The smallest absolute Gasteiger partial charge is 0.329 e. The normalized spacial score (nSPS) is 11.3. The van der Waals surface area contributed by atoms with Crippen molar-refractivity contribution >= 4 is 28.3 Å². The third-order valence-corrected chi connectivity index (χ3v) is 4.71. The molecule has 152 valence electrons. The van der Waals surface area contributed by atoms with E-state index in [0.717, 1.165) is 31.4 Å². The molecule has 0 saturated carbocycles. The Kier molecular flexibility index (Phi) is 7.98. The fraction of sp³-hybridized carbons (Fsp3) is 0.421. The van der Waals surface area contributed by atoms with Crippen LogP contribution in [0, 0.1) is 0 Å². The molecule has 0 bridgehead atoms. The molecule has 0 aliphatic rings. The van der Waals surface area contributed by atoms with Crippen molar-refractivity contribution in [3.8, 4) is 0 Å². The minimum Gasteiger partial charge on any atom is -0.329 e. The van der Waals surface area contributed by atoms with Crippen molar-refractivity contribution in [3.63, 3.8) is 0 Å². The topological polar surface area (TPSA) is 62.3 Å². The Morgan fingerprint density at radius 1 is 1.21 bits per heavy atom. The van der Waals surface area contributed by atoms with E-state index < -0.39 is 23.6 Å². The standard InChI is InChI=1S/C19H22F3N3O2S/c1-2-3-4-5-10-25(13-16(26)24-18-23-9-11-28-18)17(27)14-7-6-8-15(12-14)19(20,21)22/h6-9,11-12H,2-5,10,13H2,1H3,(H,23,24,26). The largest absolute Gasteiger partial charge is 0.416 e. The van der Waals surface area contributed by atoms with Crippen molar-refractivity contribution in [2.45, 2.75) is 38.8 Å². The lowest BCUT2D eigenvalue weighted by Gasteiger charge is -2.22. The maximum Gasteiger partial charge on any atom is 0.416 e. The lowest BCUT2D eigenvalue weighted by atomic mass is 10.1. The predicted molar refractivity (Wildman–Crippen MR) is 102 cm³/mol. The van der Waals surface area contributed by atoms with Crippen molar-refractivity contribution < 1.29 is 22.8 Å². The second kappa shape index (κ2) is 10.2. The molecule has 0 radical (unpaired) electrons. The number of unbranched alkanes of at least 4 members (excludes halogenated alkanes) is 3. The highest BCUT2D eigenvalue weighted by atomic mass is 32.1. The van der Waals surface area contributed by atoms with Crippen molar-refractivity contribution in [1.29, 1.82) is 0 Å². The summed E-state index contributed by atoms with van der Waals surface area (Å²) in [5.41, 5.74) is -0.983. The van der Waals surface area contributed by atoms with Gasteiger partial charge in [0.25, 0.3) is 5.91 Å². The van der Waals surface area contributed by atoms with Gasteiger partial charge < -0.3 is 10.2 Å². The highest BCUT2D eigenvalue weighted by Gasteiger charge is 2.31. The molecule has 0 fully saturated rings. The molecule has 0 aliphatic heterocycles. The van der Waals surface area contributed by atoms with Gasteiger partial charge in [0.15, 0.2) is 5.13 Å². The van der Waals surface area contributed by atoms with Crippen LogP contribution in [0.2, 0.25) is 0 Å². The number of aromatic nitrogens is 1. The van der Waals surface area contributed by atoms with Crippen LogP contribution in [0.3, 0.4) is 0 Å². The summed E-state index contributed by atoms with van der Waals surface area (Å²) < 4.78 is 38.8. The van der Waals surface area contributed by atoms with Gasteiger partial charge in [0.05, 0.1) is 5.56 Å². The van der Waals surface area contributed by atoms with E-state index in [1.807, 2.05) is 6.92 Å². The molecule has 0 spiro atoms. The summed E-state index contributed by atoms with van der Waals surface area (Å²) in [4.78, 5) is 30.3. The molecule has 0 aliphatic carbocycles. The molecule has 0 unspecified atom stereocenters. The number of hydrogen-bond donors (Lipinski definition) is 1. The summed E-state index contributed by atoms with van der Waals surface area (Å²) in [6.07, 6.45) is 0.532. The minimum absolute atomic E-state index is 0.0904. The van der Waals surface area contributed by atoms with Crippen molar-refractivity contribution in [1.82, 2.24) is 9.88 Å². The van der Waals surface area contributed by atoms with Gasteiger partial charge in [-0.25, -0.2) is 4.98 Å². The first-order chi connectivity index (χ1) is 13.3. The zero-order valence-corrected chi connectivity index (χ0v) is 16.3.